The van der Waals surface area contributed by atoms with Gasteiger partial charge in [0.05, 0.1) is 5.69 Å². The zero-order chi connectivity index (χ0) is 58.1. The summed E-state index contributed by atoms with van der Waals surface area (Å²) in [4.78, 5) is 7.90. The van der Waals surface area contributed by atoms with Crippen LogP contribution in [0.4, 0.5) is 51.2 Å². The summed E-state index contributed by atoms with van der Waals surface area (Å²) in [6, 6.07) is 53.8. The summed E-state index contributed by atoms with van der Waals surface area (Å²) < 4.78 is 2.82. The van der Waals surface area contributed by atoms with Crippen LogP contribution in [0.3, 0.4) is 0 Å². The van der Waals surface area contributed by atoms with Crippen LogP contribution in [0.1, 0.15) is 209 Å². The minimum atomic E-state index is -0.153. The highest BCUT2D eigenvalue weighted by atomic mass is 32.1. The van der Waals surface area contributed by atoms with Gasteiger partial charge in [0.25, 0.3) is 6.71 Å². The van der Waals surface area contributed by atoms with Gasteiger partial charge in [-0.3, -0.25) is 0 Å². The summed E-state index contributed by atoms with van der Waals surface area (Å²) in [7, 11) is 0. The van der Waals surface area contributed by atoms with Crippen molar-refractivity contribution < 1.29 is 0 Å². The van der Waals surface area contributed by atoms with Gasteiger partial charge in [0.1, 0.15) is 0 Å². The number of thiophene rings is 1. The van der Waals surface area contributed by atoms with Crippen LogP contribution >= 0.6 is 11.3 Å². The van der Waals surface area contributed by atoms with Gasteiger partial charge in [0.15, 0.2) is 0 Å². The van der Waals surface area contributed by atoms with Crippen LogP contribution in [-0.2, 0) is 43.3 Å². The zero-order valence-corrected chi connectivity index (χ0v) is 53.7. The SMILES string of the molecule is CC(C)(C)c1ccc(N(c2ccc(C(C)(C)C)cc2)c2ccc3c(c2)N(c2ccc(C(C)(C)C)cc2)c2cc(C(C)(C)C)cc4c2B3c2sc3cc5c(cc3c2N4c2ccc3c(c2)C(C)(C)CCC3(C)C)C(C)(C)CCC5(C)C)cc1. The van der Waals surface area contributed by atoms with E-state index >= 15 is 0 Å². The molecule has 0 saturated carbocycles. The van der Waals surface area contributed by atoms with Crippen molar-refractivity contribution in [1.82, 2.24) is 0 Å². The molecule has 418 valence electrons. The van der Waals surface area contributed by atoms with Crippen LogP contribution in [0.2, 0.25) is 0 Å². The Bertz CT molecular complexity index is 3740. The number of nitrogens with zero attached hydrogens (tertiary/aromatic N) is 3. The summed E-state index contributed by atoms with van der Waals surface area (Å²) >= 11 is 2.05. The van der Waals surface area contributed by atoms with E-state index in [2.05, 4.69) is 298 Å². The average Bonchev–Trinajstić information content (AvgIpc) is 2.02. The largest absolute Gasteiger partial charge is 0.311 e. The normalized spacial score (nSPS) is 17.8. The van der Waals surface area contributed by atoms with Crippen molar-refractivity contribution in [3.8, 4) is 0 Å². The van der Waals surface area contributed by atoms with E-state index in [0.717, 1.165) is 17.1 Å². The van der Waals surface area contributed by atoms with E-state index in [0.29, 0.717) is 0 Å². The van der Waals surface area contributed by atoms with Gasteiger partial charge in [-0.25, -0.2) is 0 Å². The third-order valence-corrected chi connectivity index (χ3v) is 21.0. The number of fused-ring (bicyclic) bond motifs is 8. The summed E-state index contributed by atoms with van der Waals surface area (Å²) in [6.45, 7) is 47.9. The molecule has 0 spiro atoms. The molecule has 0 bridgehead atoms. The van der Waals surface area contributed by atoms with Gasteiger partial charge in [-0.15, -0.1) is 11.3 Å². The maximum Gasteiger partial charge on any atom is 0.264 e. The summed E-state index contributed by atoms with van der Waals surface area (Å²) in [5.41, 5.74) is 25.3. The van der Waals surface area contributed by atoms with Gasteiger partial charge in [0, 0.05) is 60.4 Å². The Morgan fingerprint density at radius 1 is 0.395 bits per heavy atom. The quantitative estimate of drug-likeness (QED) is 0.159. The molecular weight excluding hydrogens is 998 g/mol. The minimum absolute atomic E-state index is 0.00781. The minimum Gasteiger partial charge on any atom is -0.311 e. The molecule has 4 aliphatic rings. The second-order valence-corrected chi connectivity index (χ2v) is 32.8. The molecule has 0 radical (unpaired) electrons. The molecule has 0 fully saturated rings. The maximum absolute atomic E-state index is 2.76. The summed E-state index contributed by atoms with van der Waals surface area (Å²) in [5.74, 6) is 0. The fourth-order valence-corrected chi connectivity index (χ4v) is 15.5. The van der Waals surface area contributed by atoms with Gasteiger partial charge < -0.3 is 14.7 Å². The molecule has 0 N–H and O–H groups in total. The van der Waals surface area contributed by atoms with Crippen LogP contribution < -0.4 is 30.4 Å². The van der Waals surface area contributed by atoms with E-state index in [1.165, 1.54) is 130 Å². The van der Waals surface area contributed by atoms with Gasteiger partial charge in [-0.1, -0.05) is 187 Å². The lowest BCUT2D eigenvalue weighted by molar-refractivity contribution is 0.332. The molecule has 0 unspecified atom stereocenters. The molecule has 12 rings (SSSR count). The molecule has 5 heteroatoms. The molecule has 1 aromatic heterocycles. The first-order valence-electron chi connectivity index (χ1n) is 30.5. The second kappa shape index (κ2) is 18.2. The predicted octanol–water partition coefficient (Wildman–Crippen LogP) is 20.3. The number of hydrogen-bond donors (Lipinski definition) is 0. The van der Waals surface area contributed by atoms with Crippen molar-refractivity contribution in [2.75, 3.05) is 14.7 Å². The number of rotatable bonds is 5. The second-order valence-electron chi connectivity index (χ2n) is 31.7. The van der Waals surface area contributed by atoms with Crippen molar-refractivity contribution in [3.05, 3.63) is 178 Å². The Balaban J connectivity index is 1.19. The summed E-state index contributed by atoms with van der Waals surface area (Å²) in [6.07, 6.45) is 4.72. The van der Waals surface area contributed by atoms with Gasteiger partial charge in [-0.2, -0.15) is 0 Å². The van der Waals surface area contributed by atoms with Crippen LogP contribution in [0.25, 0.3) is 10.1 Å². The van der Waals surface area contributed by atoms with Crippen LogP contribution in [0.15, 0.2) is 133 Å². The fraction of sp³-hybridized carbons (Fsp3) is 0.421. The molecule has 7 aromatic carbocycles. The lowest BCUT2D eigenvalue weighted by Crippen LogP contribution is -2.60. The van der Waals surface area contributed by atoms with Crippen LogP contribution in [-0.4, -0.2) is 6.71 Å². The van der Waals surface area contributed by atoms with E-state index < -0.39 is 0 Å². The third kappa shape index (κ3) is 9.21. The van der Waals surface area contributed by atoms with E-state index in [-0.39, 0.29) is 50.0 Å². The maximum atomic E-state index is 2.76. The molecule has 3 heterocycles. The third-order valence-electron chi connectivity index (χ3n) is 19.8. The highest BCUT2D eigenvalue weighted by Crippen LogP contribution is 2.55. The lowest BCUT2D eigenvalue weighted by atomic mass is 9.36. The Morgan fingerprint density at radius 2 is 0.815 bits per heavy atom. The lowest BCUT2D eigenvalue weighted by Gasteiger charge is -2.46. The number of hydrogen-bond acceptors (Lipinski definition) is 4. The van der Waals surface area contributed by atoms with Crippen molar-refractivity contribution >= 4 is 95.0 Å². The molecule has 81 heavy (non-hydrogen) atoms. The van der Waals surface area contributed by atoms with Crippen LogP contribution in [0, 0.1) is 0 Å². The van der Waals surface area contributed by atoms with E-state index in [4.69, 9.17) is 0 Å². The topological polar surface area (TPSA) is 9.72 Å². The Hall–Kier alpha value is -6.04. The number of benzene rings is 7. The highest BCUT2D eigenvalue weighted by molar-refractivity contribution is 7.33. The van der Waals surface area contributed by atoms with Gasteiger partial charge in [-0.05, 0) is 209 Å². The Morgan fingerprint density at radius 3 is 1.31 bits per heavy atom. The Kier molecular flexibility index (Phi) is 12.5. The van der Waals surface area contributed by atoms with Gasteiger partial charge in [0.2, 0.25) is 0 Å². The van der Waals surface area contributed by atoms with Crippen molar-refractivity contribution in [1.29, 1.82) is 0 Å². The van der Waals surface area contributed by atoms with E-state index in [9.17, 15) is 0 Å². The smallest absolute Gasteiger partial charge is 0.264 e. The Labute approximate surface area is 492 Å². The molecular formula is C76H90BN3S. The predicted molar refractivity (Wildman–Crippen MR) is 356 cm³/mol. The van der Waals surface area contributed by atoms with Gasteiger partial charge >= 0.3 is 0 Å². The van der Waals surface area contributed by atoms with Crippen molar-refractivity contribution in [2.24, 2.45) is 0 Å². The van der Waals surface area contributed by atoms with E-state index in [1.54, 1.807) is 0 Å². The van der Waals surface area contributed by atoms with Crippen LogP contribution in [0.5, 0.6) is 0 Å². The molecule has 3 nitrogen and oxygen atoms in total. The fourth-order valence-electron chi connectivity index (χ4n) is 14.1. The first-order chi connectivity index (χ1) is 37.6. The van der Waals surface area contributed by atoms with E-state index in [1.807, 2.05) is 0 Å². The standard InChI is InChI=1S/C76H90BN3S/c1-69(2,3)47-21-27-51(28-22-47)78(52-29-23-48(24-30-52)70(4,5)6)55-34-36-61-62(44-55)79(53-31-25-49(26-32-53)71(7,8)9)63-41-50(72(10,11)12)42-64-66(63)77(61)68-67(56-45-59-60(46-65(56)81-68)76(19,20)40-39-75(59,17)18)80(64)54-33-35-57-58(43-54)74(15,16)38-37-73(57,13)14/h21-36,41-46H,37-40H2,1-20H3. The first kappa shape index (κ1) is 55.5. The highest BCUT2D eigenvalue weighted by Gasteiger charge is 2.48. The molecule has 0 atom stereocenters. The number of anilines is 9. The molecule has 0 amide bonds. The molecule has 2 aliphatic heterocycles. The monoisotopic (exact) mass is 1090 g/mol. The van der Waals surface area contributed by atoms with Crippen molar-refractivity contribution in [2.45, 2.75) is 207 Å². The van der Waals surface area contributed by atoms with Crippen molar-refractivity contribution in [3.63, 3.8) is 0 Å². The average molecular weight is 1090 g/mol. The first-order valence-corrected chi connectivity index (χ1v) is 31.3. The molecule has 8 aromatic rings. The molecule has 2 aliphatic carbocycles. The summed E-state index contributed by atoms with van der Waals surface area (Å²) in [5, 5.41) is 1.38. The molecule has 0 saturated heterocycles. The zero-order valence-electron chi connectivity index (χ0n) is 52.9.